The molecule has 0 spiro atoms. The average Bonchev–Trinajstić information content (AvgIpc) is 2.93. The first-order valence-electron chi connectivity index (χ1n) is 8.29. The van der Waals surface area contributed by atoms with Gasteiger partial charge < -0.3 is 14.9 Å². The van der Waals surface area contributed by atoms with Crippen LogP contribution in [-0.2, 0) is 10.0 Å². The summed E-state index contributed by atoms with van der Waals surface area (Å²) in [4.78, 5) is 0.112. The molecule has 0 bridgehead atoms. The lowest BCUT2D eigenvalue weighted by Crippen LogP contribution is -2.28. The Balaban J connectivity index is 1.94. The van der Waals surface area contributed by atoms with Gasteiger partial charge in [0.15, 0.2) is 17.3 Å². The monoisotopic (exact) mass is 389 g/mol. The van der Waals surface area contributed by atoms with E-state index in [1.54, 1.807) is 37.3 Å². The van der Waals surface area contributed by atoms with E-state index in [-0.39, 0.29) is 29.6 Å². The van der Waals surface area contributed by atoms with Crippen molar-refractivity contribution < 1.29 is 23.4 Å². The smallest absolute Gasteiger partial charge is 0.285 e. The molecule has 0 aromatic heterocycles. The van der Waals surface area contributed by atoms with Crippen molar-refractivity contribution in [2.75, 3.05) is 19.8 Å². The van der Waals surface area contributed by atoms with Gasteiger partial charge in [-0.15, -0.1) is 4.40 Å². The van der Waals surface area contributed by atoms with E-state index in [1.807, 2.05) is 0 Å². The molecule has 2 aromatic rings. The number of sulfonamides is 1. The van der Waals surface area contributed by atoms with Crippen molar-refractivity contribution in [2.24, 2.45) is 9.50 Å². The minimum Gasteiger partial charge on any atom is -0.504 e. The van der Waals surface area contributed by atoms with Gasteiger partial charge in [0, 0.05) is 5.56 Å². The van der Waals surface area contributed by atoms with Gasteiger partial charge in [-0.05, 0) is 42.8 Å². The maximum atomic E-state index is 12.2. The van der Waals surface area contributed by atoms with Crippen LogP contribution in [0.3, 0.4) is 0 Å². The fraction of sp³-hybridized carbons (Fsp3) is 0.222. The van der Waals surface area contributed by atoms with Crippen LogP contribution < -0.4 is 4.74 Å². The fourth-order valence-corrected chi connectivity index (χ4v) is 3.81. The van der Waals surface area contributed by atoms with Crippen molar-refractivity contribution in [3.05, 3.63) is 53.6 Å². The molecule has 0 atom stereocenters. The Morgan fingerprint density at radius 2 is 2.04 bits per heavy atom. The first kappa shape index (κ1) is 18.9. The lowest BCUT2D eigenvalue weighted by atomic mass is 10.2. The normalized spacial score (nSPS) is 14.8. The summed E-state index contributed by atoms with van der Waals surface area (Å²) in [6.07, 6.45) is 1.48. The van der Waals surface area contributed by atoms with E-state index in [0.29, 0.717) is 23.5 Å². The van der Waals surface area contributed by atoms with Crippen molar-refractivity contribution in [2.45, 2.75) is 11.8 Å². The van der Waals surface area contributed by atoms with Crippen molar-refractivity contribution >= 4 is 22.1 Å². The number of aliphatic hydroxyl groups is 1. The zero-order valence-corrected chi connectivity index (χ0v) is 15.4. The Bertz CT molecular complexity index is 1000. The number of nitrogens with zero attached hydrogens (tertiary/aromatic N) is 3. The summed E-state index contributed by atoms with van der Waals surface area (Å²) < 4.78 is 33.6. The first-order chi connectivity index (χ1) is 13.0. The van der Waals surface area contributed by atoms with E-state index in [4.69, 9.17) is 4.74 Å². The van der Waals surface area contributed by atoms with Gasteiger partial charge in [0.2, 0.25) is 0 Å². The molecule has 3 rings (SSSR count). The zero-order chi connectivity index (χ0) is 19.4. The van der Waals surface area contributed by atoms with Gasteiger partial charge in [-0.3, -0.25) is 0 Å². The molecule has 0 saturated carbocycles. The number of ether oxygens (including phenoxy) is 1. The van der Waals surface area contributed by atoms with Crippen molar-refractivity contribution in [1.82, 2.24) is 5.01 Å². The molecular formula is C18H19N3O5S. The second kappa shape index (κ2) is 7.77. The van der Waals surface area contributed by atoms with Gasteiger partial charge in [-0.2, -0.15) is 13.5 Å². The third kappa shape index (κ3) is 3.93. The van der Waals surface area contributed by atoms with Crippen LogP contribution in [0.1, 0.15) is 18.1 Å². The average molecular weight is 389 g/mol. The molecule has 8 nitrogen and oxygen atoms in total. The second-order valence-electron chi connectivity index (χ2n) is 5.64. The van der Waals surface area contributed by atoms with E-state index >= 15 is 0 Å². The molecule has 0 radical (unpaired) electrons. The lowest BCUT2D eigenvalue weighted by Gasteiger charge is -2.17. The Labute approximate surface area is 157 Å². The molecule has 142 valence electrons. The van der Waals surface area contributed by atoms with Crippen LogP contribution in [-0.4, -0.2) is 55.4 Å². The van der Waals surface area contributed by atoms with Crippen LogP contribution in [0.4, 0.5) is 0 Å². The van der Waals surface area contributed by atoms with Crippen LogP contribution in [0.2, 0.25) is 0 Å². The number of amidine groups is 1. The maximum absolute atomic E-state index is 12.2. The predicted octanol–water partition coefficient (Wildman–Crippen LogP) is 1.57. The SMILES string of the molecule is CCOc1cc(C=NN(CCO)C2=NS(=O)(=O)c3ccccc32)ccc1O. The van der Waals surface area contributed by atoms with Crippen LogP contribution in [0.5, 0.6) is 11.5 Å². The molecule has 1 aliphatic heterocycles. The molecule has 0 aliphatic carbocycles. The van der Waals surface area contributed by atoms with Gasteiger partial charge in [0.05, 0.1) is 26.0 Å². The molecule has 2 aromatic carbocycles. The Kier molecular flexibility index (Phi) is 5.43. The number of phenols is 1. The molecule has 9 heteroatoms. The second-order valence-corrected chi connectivity index (χ2v) is 7.21. The van der Waals surface area contributed by atoms with Crippen LogP contribution >= 0.6 is 0 Å². The number of aromatic hydroxyl groups is 1. The van der Waals surface area contributed by atoms with Crippen LogP contribution in [0.15, 0.2) is 56.9 Å². The molecule has 0 fully saturated rings. The van der Waals surface area contributed by atoms with Gasteiger partial charge >= 0.3 is 0 Å². The molecule has 0 unspecified atom stereocenters. The number of hydrazone groups is 1. The van der Waals surface area contributed by atoms with Gasteiger partial charge in [0.25, 0.3) is 10.0 Å². The number of rotatable bonds is 6. The Hall–Kier alpha value is -2.91. The van der Waals surface area contributed by atoms with E-state index in [0.717, 1.165) is 0 Å². The summed E-state index contributed by atoms with van der Waals surface area (Å²) in [5.74, 6) is 0.488. The highest BCUT2D eigenvalue weighted by molar-refractivity contribution is 7.90. The standard InChI is InChI=1S/C18H19N3O5S/c1-2-26-16-11-13(7-8-15(16)23)12-19-21(9-10-22)18-14-5-3-4-6-17(14)27(24,25)20-18/h3-8,11-12,22-23H,2,9-10H2,1H3. The van der Waals surface area contributed by atoms with Gasteiger partial charge in [-0.25, -0.2) is 5.01 Å². The summed E-state index contributed by atoms with van der Waals surface area (Å²) in [5, 5.41) is 24.7. The largest absolute Gasteiger partial charge is 0.504 e. The number of hydrogen-bond acceptors (Lipinski definition) is 7. The van der Waals surface area contributed by atoms with Crippen molar-refractivity contribution in [3.63, 3.8) is 0 Å². The fourth-order valence-electron chi connectivity index (χ4n) is 2.61. The Morgan fingerprint density at radius 1 is 1.26 bits per heavy atom. The van der Waals surface area contributed by atoms with Crippen LogP contribution in [0, 0.1) is 0 Å². The van der Waals surface area contributed by atoms with E-state index in [9.17, 15) is 18.6 Å². The van der Waals surface area contributed by atoms with E-state index < -0.39 is 10.0 Å². The molecule has 1 aliphatic rings. The summed E-state index contributed by atoms with van der Waals surface area (Å²) in [6.45, 7) is 2.03. The molecule has 2 N–H and O–H groups in total. The summed E-state index contributed by atoms with van der Waals surface area (Å²) >= 11 is 0. The van der Waals surface area contributed by atoms with Crippen molar-refractivity contribution in [3.8, 4) is 11.5 Å². The lowest BCUT2D eigenvalue weighted by molar-refractivity contribution is 0.254. The molecule has 1 heterocycles. The van der Waals surface area contributed by atoms with E-state index in [1.165, 1.54) is 23.4 Å². The third-order valence-corrected chi connectivity index (χ3v) is 5.12. The molecule has 0 saturated heterocycles. The Morgan fingerprint density at radius 3 is 2.78 bits per heavy atom. The number of aliphatic hydroxyl groups excluding tert-OH is 1. The number of hydrogen-bond donors (Lipinski definition) is 2. The highest BCUT2D eigenvalue weighted by atomic mass is 32.2. The number of benzene rings is 2. The van der Waals surface area contributed by atoms with Crippen LogP contribution in [0.25, 0.3) is 0 Å². The summed E-state index contributed by atoms with van der Waals surface area (Å²) in [6, 6.07) is 11.2. The first-order valence-corrected chi connectivity index (χ1v) is 9.73. The number of phenolic OH excluding ortho intramolecular Hbond substituents is 1. The predicted molar refractivity (Wildman–Crippen MR) is 101 cm³/mol. The van der Waals surface area contributed by atoms with Gasteiger partial charge in [0.1, 0.15) is 4.90 Å². The molecule has 0 amide bonds. The zero-order valence-electron chi connectivity index (χ0n) is 14.6. The van der Waals surface area contributed by atoms with Gasteiger partial charge in [-0.1, -0.05) is 12.1 Å². The van der Waals surface area contributed by atoms with Crippen molar-refractivity contribution in [1.29, 1.82) is 0 Å². The summed E-state index contributed by atoms with van der Waals surface area (Å²) in [7, 11) is -3.78. The minimum atomic E-state index is -3.78. The molecule has 27 heavy (non-hydrogen) atoms. The maximum Gasteiger partial charge on any atom is 0.285 e. The minimum absolute atomic E-state index is 0.0152. The number of fused-ring (bicyclic) bond motifs is 1. The summed E-state index contributed by atoms with van der Waals surface area (Å²) in [5.41, 5.74) is 1.07. The quantitative estimate of drug-likeness (QED) is 0.573. The molecular weight excluding hydrogens is 370 g/mol. The highest BCUT2D eigenvalue weighted by Gasteiger charge is 2.31. The topological polar surface area (TPSA) is 112 Å². The third-order valence-electron chi connectivity index (χ3n) is 3.80. The highest BCUT2D eigenvalue weighted by Crippen LogP contribution is 2.28. The van der Waals surface area contributed by atoms with E-state index in [2.05, 4.69) is 9.50 Å².